The highest BCUT2D eigenvalue weighted by molar-refractivity contribution is 5.88. The second-order valence-electron chi connectivity index (χ2n) is 5.86. The van der Waals surface area contributed by atoms with E-state index in [0.29, 0.717) is 30.3 Å². The van der Waals surface area contributed by atoms with Crippen LogP contribution >= 0.6 is 0 Å². The van der Waals surface area contributed by atoms with E-state index in [1.807, 2.05) is 18.2 Å². The average molecular weight is 337 g/mol. The minimum absolute atomic E-state index is 0.0824. The molecule has 0 unspecified atom stereocenters. The van der Waals surface area contributed by atoms with Gasteiger partial charge in [0.15, 0.2) is 0 Å². The first-order valence-corrected chi connectivity index (χ1v) is 8.18. The first kappa shape index (κ1) is 16.9. The summed E-state index contributed by atoms with van der Waals surface area (Å²) in [5, 5.41) is 12.1. The highest BCUT2D eigenvalue weighted by Crippen LogP contribution is 2.29. The van der Waals surface area contributed by atoms with Crippen LogP contribution < -0.4 is 10.1 Å². The zero-order chi connectivity index (χ0) is 17.6. The molecule has 25 heavy (non-hydrogen) atoms. The summed E-state index contributed by atoms with van der Waals surface area (Å²) in [4.78, 5) is 15.3. The van der Waals surface area contributed by atoms with Crippen LogP contribution in [0.5, 0.6) is 5.75 Å². The van der Waals surface area contributed by atoms with E-state index in [4.69, 9.17) is 9.47 Å². The molecule has 1 aromatic heterocycles. The standard InChI is InChI=1S/C19H19N3O3/c1-13(23)22-19-11-15(4-7-21-19)14-2-3-18(16(10-14)12-20)25-17-5-8-24-9-6-17/h2-4,7,10-11,17H,5-6,8-9H2,1H3,(H,21,22,23). The van der Waals surface area contributed by atoms with Crippen LogP contribution in [0.15, 0.2) is 36.5 Å². The quantitative estimate of drug-likeness (QED) is 0.926. The predicted octanol–water partition coefficient (Wildman–Crippen LogP) is 3.14. The lowest BCUT2D eigenvalue weighted by Crippen LogP contribution is -2.26. The number of carbonyl (C=O) groups is 1. The lowest BCUT2D eigenvalue weighted by atomic mass is 10.0. The Hall–Kier alpha value is -2.91. The normalized spacial score (nSPS) is 14.6. The van der Waals surface area contributed by atoms with Gasteiger partial charge in [0.2, 0.25) is 5.91 Å². The molecule has 2 heterocycles. The Morgan fingerprint density at radius 1 is 1.28 bits per heavy atom. The van der Waals surface area contributed by atoms with Gasteiger partial charge >= 0.3 is 0 Å². The summed E-state index contributed by atoms with van der Waals surface area (Å²) in [6.07, 6.45) is 3.37. The van der Waals surface area contributed by atoms with Crippen LogP contribution in [0.1, 0.15) is 25.3 Å². The summed E-state index contributed by atoms with van der Waals surface area (Å²) >= 11 is 0. The third-order valence-electron chi connectivity index (χ3n) is 3.96. The van der Waals surface area contributed by atoms with Gasteiger partial charge in [-0.1, -0.05) is 6.07 Å². The number of anilines is 1. The van der Waals surface area contributed by atoms with Gasteiger partial charge in [0.05, 0.1) is 18.8 Å². The molecule has 1 aromatic carbocycles. The Morgan fingerprint density at radius 2 is 2.04 bits per heavy atom. The monoisotopic (exact) mass is 337 g/mol. The van der Waals surface area contributed by atoms with E-state index in [1.165, 1.54) is 6.92 Å². The zero-order valence-electron chi connectivity index (χ0n) is 14.0. The van der Waals surface area contributed by atoms with E-state index < -0.39 is 0 Å². The Balaban J connectivity index is 1.84. The van der Waals surface area contributed by atoms with E-state index in [1.54, 1.807) is 18.3 Å². The molecule has 0 aliphatic carbocycles. The number of nitrogens with one attached hydrogen (secondary N) is 1. The lowest BCUT2D eigenvalue weighted by molar-refractivity contribution is -0.114. The van der Waals surface area contributed by atoms with Crippen molar-refractivity contribution in [2.75, 3.05) is 18.5 Å². The maximum absolute atomic E-state index is 11.2. The fraction of sp³-hybridized carbons (Fsp3) is 0.316. The Labute approximate surface area is 146 Å². The molecule has 1 aliphatic rings. The third kappa shape index (κ3) is 4.34. The van der Waals surface area contributed by atoms with E-state index in [0.717, 1.165) is 24.0 Å². The minimum Gasteiger partial charge on any atom is -0.489 e. The molecule has 1 saturated heterocycles. The van der Waals surface area contributed by atoms with E-state index in [2.05, 4.69) is 16.4 Å². The van der Waals surface area contributed by atoms with Crippen LogP contribution in [-0.2, 0) is 9.53 Å². The van der Waals surface area contributed by atoms with Gasteiger partial charge < -0.3 is 14.8 Å². The number of nitrogens with zero attached hydrogens (tertiary/aromatic N) is 2. The second-order valence-corrected chi connectivity index (χ2v) is 5.86. The number of pyridine rings is 1. The Morgan fingerprint density at radius 3 is 2.76 bits per heavy atom. The number of amides is 1. The molecule has 0 radical (unpaired) electrons. The number of hydrogen-bond acceptors (Lipinski definition) is 5. The fourth-order valence-electron chi connectivity index (χ4n) is 2.73. The van der Waals surface area contributed by atoms with Gasteiger partial charge in [-0.3, -0.25) is 4.79 Å². The van der Waals surface area contributed by atoms with Crippen molar-refractivity contribution in [3.8, 4) is 22.9 Å². The minimum atomic E-state index is -0.178. The number of hydrogen-bond donors (Lipinski definition) is 1. The second kappa shape index (κ2) is 7.77. The number of carbonyl (C=O) groups excluding carboxylic acids is 1. The van der Waals surface area contributed by atoms with Crippen molar-refractivity contribution in [1.29, 1.82) is 5.26 Å². The van der Waals surface area contributed by atoms with Gasteiger partial charge in [0.25, 0.3) is 0 Å². The summed E-state index contributed by atoms with van der Waals surface area (Å²) in [7, 11) is 0. The molecule has 1 aliphatic heterocycles. The van der Waals surface area contributed by atoms with Gasteiger partial charge in [0.1, 0.15) is 23.7 Å². The van der Waals surface area contributed by atoms with Crippen LogP contribution in [0.3, 0.4) is 0 Å². The molecule has 0 spiro atoms. The number of rotatable bonds is 4. The molecule has 128 valence electrons. The first-order valence-electron chi connectivity index (χ1n) is 8.18. The molecule has 0 bridgehead atoms. The van der Waals surface area contributed by atoms with E-state index >= 15 is 0 Å². The number of ether oxygens (including phenoxy) is 2. The largest absolute Gasteiger partial charge is 0.489 e. The van der Waals surface area contributed by atoms with Crippen LogP contribution in [-0.4, -0.2) is 30.2 Å². The summed E-state index contributed by atoms with van der Waals surface area (Å²) in [5.41, 5.74) is 2.22. The molecular formula is C19H19N3O3. The third-order valence-corrected chi connectivity index (χ3v) is 3.96. The van der Waals surface area contributed by atoms with Gasteiger partial charge in [-0.2, -0.15) is 5.26 Å². The van der Waals surface area contributed by atoms with Crippen molar-refractivity contribution in [3.63, 3.8) is 0 Å². The molecule has 1 amide bonds. The summed E-state index contributed by atoms with van der Waals surface area (Å²) in [6.45, 7) is 2.81. The average Bonchev–Trinajstić information content (AvgIpc) is 2.62. The highest BCUT2D eigenvalue weighted by Gasteiger charge is 2.17. The summed E-state index contributed by atoms with van der Waals surface area (Å²) in [5.74, 6) is 0.892. The van der Waals surface area contributed by atoms with Crippen LogP contribution in [0.4, 0.5) is 5.82 Å². The molecule has 0 atom stereocenters. The number of aromatic nitrogens is 1. The topological polar surface area (TPSA) is 84.2 Å². The molecule has 2 aromatic rings. The van der Waals surface area contributed by atoms with Gasteiger partial charge in [-0.25, -0.2) is 4.98 Å². The van der Waals surface area contributed by atoms with Gasteiger partial charge in [-0.05, 0) is 35.4 Å². The van der Waals surface area contributed by atoms with Crippen molar-refractivity contribution in [1.82, 2.24) is 4.98 Å². The van der Waals surface area contributed by atoms with Gasteiger partial charge in [-0.15, -0.1) is 0 Å². The maximum atomic E-state index is 11.2. The van der Waals surface area contributed by atoms with Crippen molar-refractivity contribution in [3.05, 3.63) is 42.1 Å². The molecule has 1 fully saturated rings. The highest BCUT2D eigenvalue weighted by atomic mass is 16.5. The predicted molar refractivity (Wildman–Crippen MR) is 93.2 cm³/mol. The molecular weight excluding hydrogens is 318 g/mol. The van der Waals surface area contributed by atoms with Crippen molar-refractivity contribution in [2.24, 2.45) is 0 Å². The summed E-state index contributed by atoms with van der Waals surface area (Å²) < 4.78 is 11.3. The van der Waals surface area contributed by atoms with Crippen molar-refractivity contribution in [2.45, 2.75) is 25.9 Å². The summed E-state index contributed by atoms with van der Waals surface area (Å²) in [6, 6.07) is 11.3. The SMILES string of the molecule is CC(=O)Nc1cc(-c2ccc(OC3CCOCC3)c(C#N)c2)ccn1. The van der Waals surface area contributed by atoms with E-state index in [-0.39, 0.29) is 12.0 Å². The molecule has 1 N–H and O–H groups in total. The molecule has 6 heteroatoms. The first-order chi connectivity index (χ1) is 12.2. The Kier molecular flexibility index (Phi) is 5.26. The lowest BCUT2D eigenvalue weighted by Gasteiger charge is -2.23. The van der Waals surface area contributed by atoms with Crippen LogP contribution in [0.25, 0.3) is 11.1 Å². The number of nitriles is 1. The Bertz CT molecular complexity index is 808. The molecule has 3 rings (SSSR count). The van der Waals surface area contributed by atoms with Crippen LogP contribution in [0, 0.1) is 11.3 Å². The van der Waals surface area contributed by atoms with Gasteiger partial charge in [0, 0.05) is 26.0 Å². The smallest absolute Gasteiger partial charge is 0.222 e. The van der Waals surface area contributed by atoms with Crippen molar-refractivity contribution < 1.29 is 14.3 Å². The fourth-order valence-corrected chi connectivity index (χ4v) is 2.73. The van der Waals surface area contributed by atoms with E-state index in [9.17, 15) is 10.1 Å². The van der Waals surface area contributed by atoms with Crippen LogP contribution in [0.2, 0.25) is 0 Å². The zero-order valence-corrected chi connectivity index (χ0v) is 14.0. The maximum Gasteiger partial charge on any atom is 0.222 e. The molecule has 6 nitrogen and oxygen atoms in total. The molecule has 0 saturated carbocycles. The van der Waals surface area contributed by atoms with Crippen molar-refractivity contribution >= 4 is 11.7 Å². The number of benzene rings is 1.